The molecule has 0 aliphatic heterocycles. The molecule has 17 heavy (non-hydrogen) atoms. The lowest BCUT2D eigenvalue weighted by Gasteiger charge is -2.26. The Labute approximate surface area is 102 Å². The van der Waals surface area contributed by atoms with Gasteiger partial charge in [0.1, 0.15) is 12.6 Å². The number of alkyl carbamates (subject to hydrolysis) is 1. The monoisotopic (exact) mass is 246 g/mol. The molecule has 0 radical (unpaired) electrons. The molecule has 6 heteroatoms. The molecule has 0 bridgehead atoms. The van der Waals surface area contributed by atoms with E-state index in [9.17, 15) is 9.59 Å². The Bertz CT molecular complexity index is 277. The number of esters is 1. The van der Waals surface area contributed by atoms with Crippen LogP contribution in [-0.2, 0) is 14.3 Å². The molecule has 0 fully saturated rings. The maximum absolute atomic E-state index is 11.5. The molecule has 1 atom stereocenters. The predicted molar refractivity (Wildman–Crippen MR) is 63.4 cm³/mol. The molecule has 0 aliphatic carbocycles. The molecule has 1 amide bonds. The number of hydrogen-bond donors (Lipinski definition) is 2. The van der Waals surface area contributed by atoms with Gasteiger partial charge in [-0.3, -0.25) is 4.79 Å². The highest BCUT2D eigenvalue weighted by atomic mass is 16.5. The molecule has 0 aliphatic rings. The van der Waals surface area contributed by atoms with Crippen molar-refractivity contribution in [1.82, 2.24) is 5.32 Å². The molecule has 3 N–H and O–H groups in total. The van der Waals surface area contributed by atoms with Crippen LogP contribution in [0.5, 0.6) is 0 Å². The number of hydrogen-bond acceptors (Lipinski definition) is 5. The van der Waals surface area contributed by atoms with Gasteiger partial charge in [0.25, 0.3) is 0 Å². The number of amides is 1. The highest BCUT2D eigenvalue weighted by Crippen LogP contribution is 2.06. The van der Waals surface area contributed by atoms with Gasteiger partial charge in [0.15, 0.2) is 0 Å². The van der Waals surface area contributed by atoms with Crippen LogP contribution in [0.1, 0.15) is 27.7 Å². The minimum Gasteiger partial charge on any atom is -0.462 e. The maximum Gasteiger partial charge on any atom is 0.407 e. The second-order valence-corrected chi connectivity index (χ2v) is 4.88. The first kappa shape index (κ1) is 15.7. The third-order valence-corrected chi connectivity index (χ3v) is 2.19. The van der Waals surface area contributed by atoms with Crippen LogP contribution in [0.25, 0.3) is 0 Å². The number of nitrogens with two attached hydrogens (primary N) is 1. The molecule has 0 rings (SSSR count). The Morgan fingerprint density at radius 1 is 1.35 bits per heavy atom. The van der Waals surface area contributed by atoms with Crippen molar-refractivity contribution in [2.75, 3.05) is 13.7 Å². The van der Waals surface area contributed by atoms with Crippen LogP contribution in [0.2, 0.25) is 0 Å². The Kier molecular flexibility index (Phi) is 5.95. The smallest absolute Gasteiger partial charge is 0.407 e. The number of carbonyl (C=O) groups excluding carboxylic acids is 2. The van der Waals surface area contributed by atoms with Crippen molar-refractivity contribution in [3.05, 3.63) is 0 Å². The molecule has 0 saturated heterocycles. The van der Waals surface area contributed by atoms with Crippen molar-refractivity contribution < 1.29 is 19.1 Å². The van der Waals surface area contributed by atoms with E-state index in [0.717, 1.165) is 0 Å². The number of methoxy groups -OCH3 is 1. The Morgan fingerprint density at radius 3 is 2.29 bits per heavy atom. The summed E-state index contributed by atoms with van der Waals surface area (Å²) in [5.41, 5.74) is 4.94. The van der Waals surface area contributed by atoms with Gasteiger partial charge in [0.2, 0.25) is 0 Å². The first-order valence-corrected chi connectivity index (χ1v) is 5.48. The van der Waals surface area contributed by atoms with Crippen LogP contribution >= 0.6 is 0 Å². The third-order valence-electron chi connectivity index (χ3n) is 2.19. The summed E-state index contributed by atoms with van der Waals surface area (Å²) in [6, 6.07) is -0.649. The van der Waals surface area contributed by atoms with Crippen molar-refractivity contribution in [2.24, 2.45) is 11.7 Å². The maximum atomic E-state index is 11.5. The summed E-state index contributed by atoms with van der Waals surface area (Å²) in [6.45, 7) is 7.16. The first-order chi connectivity index (χ1) is 7.69. The number of rotatable bonds is 5. The van der Waals surface area contributed by atoms with E-state index < -0.39 is 23.6 Å². The van der Waals surface area contributed by atoms with Gasteiger partial charge < -0.3 is 20.5 Å². The van der Waals surface area contributed by atoms with Gasteiger partial charge in [-0.15, -0.1) is 0 Å². The molecule has 0 aromatic carbocycles. The van der Waals surface area contributed by atoms with Crippen LogP contribution in [0, 0.1) is 5.92 Å². The average Bonchev–Trinajstić information content (AvgIpc) is 2.24. The lowest BCUT2D eigenvalue weighted by molar-refractivity contribution is -0.148. The van der Waals surface area contributed by atoms with Crippen LogP contribution in [0.3, 0.4) is 0 Å². The highest BCUT2D eigenvalue weighted by Gasteiger charge is 2.25. The van der Waals surface area contributed by atoms with E-state index in [0.29, 0.717) is 0 Å². The summed E-state index contributed by atoms with van der Waals surface area (Å²) in [5.74, 6) is -0.459. The van der Waals surface area contributed by atoms with Crippen molar-refractivity contribution >= 4 is 12.1 Å². The standard InChI is InChI=1S/C11H22N2O4/c1-7(2)8(12)9(14)17-6-11(3,4)13-10(15)16-5/h7-8H,6,12H2,1-5H3,(H,13,15)/t8-/m0/s1. The summed E-state index contributed by atoms with van der Waals surface area (Å²) >= 11 is 0. The second-order valence-electron chi connectivity index (χ2n) is 4.88. The van der Waals surface area contributed by atoms with E-state index in [4.69, 9.17) is 10.5 Å². The topological polar surface area (TPSA) is 90.6 Å². The van der Waals surface area contributed by atoms with Crippen LogP contribution in [-0.4, -0.2) is 37.4 Å². The van der Waals surface area contributed by atoms with Gasteiger partial charge in [0, 0.05) is 0 Å². The molecular weight excluding hydrogens is 224 g/mol. The minimum atomic E-state index is -0.695. The van der Waals surface area contributed by atoms with E-state index in [2.05, 4.69) is 10.1 Å². The van der Waals surface area contributed by atoms with Gasteiger partial charge in [-0.2, -0.15) is 0 Å². The van der Waals surface area contributed by atoms with E-state index in [1.165, 1.54) is 7.11 Å². The highest BCUT2D eigenvalue weighted by molar-refractivity contribution is 5.76. The van der Waals surface area contributed by atoms with E-state index in [-0.39, 0.29) is 12.5 Å². The van der Waals surface area contributed by atoms with Gasteiger partial charge in [-0.05, 0) is 19.8 Å². The SMILES string of the molecule is COC(=O)NC(C)(C)COC(=O)[C@@H](N)C(C)C. The molecule has 0 aromatic rings. The zero-order valence-corrected chi connectivity index (χ0v) is 11.1. The van der Waals surface area contributed by atoms with Crippen LogP contribution in [0.4, 0.5) is 4.79 Å². The lowest BCUT2D eigenvalue weighted by atomic mass is 10.1. The molecule has 0 aromatic heterocycles. The molecule has 0 unspecified atom stereocenters. The second kappa shape index (κ2) is 6.44. The Balaban J connectivity index is 4.18. The largest absolute Gasteiger partial charge is 0.462 e. The summed E-state index contributed by atoms with van der Waals surface area (Å²) < 4.78 is 9.50. The fraction of sp³-hybridized carbons (Fsp3) is 0.818. The Morgan fingerprint density at radius 2 is 1.88 bits per heavy atom. The molecule has 0 saturated carbocycles. The fourth-order valence-electron chi connectivity index (χ4n) is 0.983. The van der Waals surface area contributed by atoms with Crippen molar-refractivity contribution in [3.63, 3.8) is 0 Å². The van der Waals surface area contributed by atoms with Crippen LogP contribution < -0.4 is 11.1 Å². The minimum absolute atomic E-state index is 0.0131. The molecular formula is C11H22N2O4. The zero-order valence-electron chi connectivity index (χ0n) is 11.1. The molecule has 0 heterocycles. The number of carbonyl (C=O) groups is 2. The predicted octanol–water partition coefficient (Wildman–Crippen LogP) is 0.647. The van der Waals surface area contributed by atoms with Crippen molar-refractivity contribution in [3.8, 4) is 0 Å². The molecule has 0 spiro atoms. The van der Waals surface area contributed by atoms with Crippen molar-refractivity contribution in [2.45, 2.75) is 39.3 Å². The normalized spacial score (nSPS) is 13.1. The van der Waals surface area contributed by atoms with Crippen LogP contribution in [0.15, 0.2) is 0 Å². The van der Waals surface area contributed by atoms with E-state index in [1.807, 2.05) is 13.8 Å². The van der Waals surface area contributed by atoms with Gasteiger partial charge >= 0.3 is 12.1 Å². The van der Waals surface area contributed by atoms with Gasteiger partial charge in [0.05, 0.1) is 12.6 Å². The third kappa shape index (κ3) is 6.11. The molecule has 6 nitrogen and oxygen atoms in total. The fourth-order valence-corrected chi connectivity index (χ4v) is 0.983. The lowest BCUT2D eigenvalue weighted by Crippen LogP contribution is -2.48. The van der Waals surface area contributed by atoms with Crippen molar-refractivity contribution in [1.29, 1.82) is 0 Å². The first-order valence-electron chi connectivity index (χ1n) is 5.48. The summed E-state index contributed by atoms with van der Waals surface area (Å²) in [4.78, 5) is 22.5. The zero-order chi connectivity index (χ0) is 13.6. The van der Waals surface area contributed by atoms with E-state index >= 15 is 0 Å². The quantitative estimate of drug-likeness (QED) is 0.695. The summed E-state index contributed by atoms with van der Waals surface area (Å²) in [5, 5.41) is 2.55. The van der Waals surface area contributed by atoms with Gasteiger partial charge in [-0.25, -0.2) is 4.79 Å². The average molecular weight is 246 g/mol. The summed E-state index contributed by atoms with van der Waals surface area (Å²) in [6.07, 6.45) is -0.570. The van der Waals surface area contributed by atoms with Gasteiger partial charge in [-0.1, -0.05) is 13.8 Å². The number of nitrogens with one attached hydrogen (secondary N) is 1. The Hall–Kier alpha value is -1.30. The summed E-state index contributed by atoms with van der Waals surface area (Å²) in [7, 11) is 1.27. The number of ether oxygens (including phenoxy) is 2. The molecule has 100 valence electrons. The van der Waals surface area contributed by atoms with E-state index in [1.54, 1.807) is 13.8 Å².